The van der Waals surface area contributed by atoms with Gasteiger partial charge in [-0.1, -0.05) is 36.4 Å². The summed E-state index contributed by atoms with van der Waals surface area (Å²) in [5, 5.41) is 17.0. The van der Waals surface area contributed by atoms with Gasteiger partial charge in [-0.3, -0.25) is 9.58 Å². The summed E-state index contributed by atoms with van der Waals surface area (Å²) in [4.78, 5) is 13.3. The predicted octanol–water partition coefficient (Wildman–Crippen LogP) is 2.74. The Balaban J connectivity index is 1.54. The first-order valence-corrected chi connectivity index (χ1v) is 9.86. The number of anilines is 1. The fourth-order valence-corrected chi connectivity index (χ4v) is 3.42. The van der Waals surface area contributed by atoms with Gasteiger partial charge in [0.15, 0.2) is 0 Å². The molecule has 2 heterocycles. The van der Waals surface area contributed by atoms with E-state index in [0.29, 0.717) is 19.6 Å². The number of rotatable bonds is 10. The van der Waals surface area contributed by atoms with E-state index in [4.69, 9.17) is 14.6 Å². The van der Waals surface area contributed by atoms with Crippen LogP contribution in [0.4, 0.5) is 10.5 Å². The molecule has 1 amide bonds. The van der Waals surface area contributed by atoms with Gasteiger partial charge < -0.3 is 14.6 Å². The van der Waals surface area contributed by atoms with E-state index in [9.17, 15) is 4.79 Å². The number of cyclic esters (lactones) is 1. The summed E-state index contributed by atoms with van der Waals surface area (Å²) in [6.07, 6.45) is 7.12. The summed E-state index contributed by atoms with van der Waals surface area (Å²) in [6, 6.07) is 7.85. The van der Waals surface area contributed by atoms with Gasteiger partial charge in [0, 0.05) is 44.5 Å². The summed E-state index contributed by atoms with van der Waals surface area (Å²) in [7, 11) is 1.71. The molecule has 1 aromatic heterocycles. The number of aromatic nitrogens is 3. The molecule has 1 aromatic carbocycles. The van der Waals surface area contributed by atoms with Crippen LogP contribution in [0.1, 0.15) is 30.7 Å². The van der Waals surface area contributed by atoms with Crippen molar-refractivity contribution in [3.05, 3.63) is 53.9 Å². The molecule has 2 aromatic rings. The number of carbonyl (C=O) groups excluding carboxylic acids is 1. The molecule has 8 heteroatoms. The maximum absolute atomic E-state index is 11.7. The molecule has 0 spiro atoms. The summed E-state index contributed by atoms with van der Waals surface area (Å²) in [5.74, 6) is 0.184. The molecule has 1 N–H and O–H groups in total. The number of ether oxygens (including phenoxy) is 2. The van der Waals surface area contributed by atoms with Crippen LogP contribution in [0.25, 0.3) is 0 Å². The number of hydrogen-bond acceptors (Lipinski definition) is 6. The fourth-order valence-electron chi connectivity index (χ4n) is 3.42. The molecule has 0 radical (unpaired) electrons. The van der Waals surface area contributed by atoms with Crippen molar-refractivity contribution in [3.8, 4) is 0 Å². The molecule has 1 aliphatic rings. The number of methoxy groups -OCH3 is 1. The van der Waals surface area contributed by atoms with Crippen LogP contribution in [0.2, 0.25) is 0 Å². The summed E-state index contributed by atoms with van der Waals surface area (Å²) in [6.45, 7) is 3.95. The minimum atomic E-state index is -0.298. The standard InChI is InChI=1S/C21H28N4O4/c1-16(5-3-4-11-24-15-18(10-13-26)22-23-24)20(28-2)17-6-8-19(9-7-17)25-12-14-29-21(25)27/h3,5-9,15-16,20,26H,4,10-14H2,1-2H3/b5-3+/t16-,20+/m1/s1. The van der Waals surface area contributed by atoms with Gasteiger partial charge in [-0.15, -0.1) is 5.10 Å². The molecule has 0 saturated carbocycles. The number of benzene rings is 1. The normalized spacial score (nSPS) is 16.4. The second kappa shape index (κ2) is 10.2. The molecular formula is C21H28N4O4. The van der Waals surface area contributed by atoms with E-state index in [1.165, 1.54) is 0 Å². The van der Waals surface area contributed by atoms with Gasteiger partial charge in [-0.2, -0.15) is 0 Å². The van der Waals surface area contributed by atoms with Crippen LogP contribution >= 0.6 is 0 Å². The van der Waals surface area contributed by atoms with Gasteiger partial charge in [-0.05, 0) is 24.1 Å². The number of aryl methyl sites for hydroxylation is 1. The topological polar surface area (TPSA) is 89.7 Å². The van der Waals surface area contributed by atoms with E-state index in [2.05, 4.69) is 29.4 Å². The van der Waals surface area contributed by atoms with Crippen LogP contribution < -0.4 is 4.90 Å². The summed E-state index contributed by atoms with van der Waals surface area (Å²) in [5.41, 5.74) is 2.70. The van der Waals surface area contributed by atoms with E-state index in [1.807, 2.05) is 30.5 Å². The quantitative estimate of drug-likeness (QED) is 0.617. The number of nitrogens with zero attached hydrogens (tertiary/aromatic N) is 4. The number of aliphatic hydroxyl groups excluding tert-OH is 1. The maximum Gasteiger partial charge on any atom is 0.414 e. The Morgan fingerprint density at radius 3 is 2.79 bits per heavy atom. The zero-order chi connectivity index (χ0) is 20.6. The van der Waals surface area contributed by atoms with Gasteiger partial charge >= 0.3 is 6.09 Å². The lowest BCUT2D eigenvalue weighted by Crippen LogP contribution is -2.23. The first kappa shape index (κ1) is 21.0. The maximum atomic E-state index is 11.7. The monoisotopic (exact) mass is 400 g/mol. The number of hydrogen-bond donors (Lipinski definition) is 1. The van der Waals surface area contributed by atoms with E-state index in [0.717, 1.165) is 29.9 Å². The number of amides is 1. The second-order valence-electron chi connectivity index (χ2n) is 7.04. The highest BCUT2D eigenvalue weighted by molar-refractivity contribution is 5.89. The number of carbonyl (C=O) groups is 1. The van der Waals surface area contributed by atoms with Gasteiger partial charge in [0.1, 0.15) is 6.61 Å². The van der Waals surface area contributed by atoms with Gasteiger partial charge in [0.05, 0.1) is 18.3 Å². The van der Waals surface area contributed by atoms with Crippen molar-refractivity contribution in [2.75, 3.05) is 31.8 Å². The Kier molecular flexibility index (Phi) is 7.37. The average Bonchev–Trinajstić information content (AvgIpc) is 3.35. The Hall–Kier alpha value is -2.71. The molecule has 2 atom stereocenters. The molecule has 1 fully saturated rings. The summed E-state index contributed by atoms with van der Waals surface area (Å²) < 4.78 is 12.5. The lowest BCUT2D eigenvalue weighted by atomic mass is 9.96. The smallest absolute Gasteiger partial charge is 0.414 e. The van der Waals surface area contributed by atoms with E-state index >= 15 is 0 Å². The Morgan fingerprint density at radius 1 is 1.34 bits per heavy atom. The zero-order valence-electron chi connectivity index (χ0n) is 16.9. The van der Waals surface area contributed by atoms with E-state index in [1.54, 1.807) is 16.7 Å². The van der Waals surface area contributed by atoms with Crippen molar-refractivity contribution in [1.82, 2.24) is 15.0 Å². The van der Waals surface area contributed by atoms with Gasteiger partial charge in [-0.25, -0.2) is 4.79 Å². The summed E-state index contributed by atoms with van der Waals surface area (Å²) >= 11 is 0. The number of allylic oxidation sites excluding steroid dienone is 1. The Morgan fingerprint density at radius 2 is 2.14 bits per heavy atom. The van der Waals surface area contributed by atoms with Crippen molar-refractivity contribution < 1.29 is 19.4 Å². The zero-order valence-corrected chi connectivity index (χ0v) is 16.9. The van der Waals surface area contributed by atoms with Gasteiger partial charge in [0.25, 0.3) is 0 Å². The molecule has 0 bridgehead atoms. The van der Waals surface area contributed by atoms with E-state index in [-0.39, 0.29) is 24.7 Å². The van der Waals surface area contributed by atoms with E-state index < -0.39 is 0 Å². The second-order valence-corrected chi connectivity index (χ2v) is 7.04. The van der Waals surface area contributed by atoms with Crippen LogP contribution in [0, 0.1) is 5.92 Å². The Labute approximate surface area is 170 Å². The molecule has 8 nitrogen and oxygen atoms in total. The highest BCUT2D eigenvalue weighted by Crippen LogP contribution is 2.29. The van der Waals surface area contributed by atoms with Crippen LogP contribution in [0.3, 0.4) is 0 Å². The Bertz CT molecular complexity index is 818. The van der Waals surface area contributed by atoms with Crippen molar-refractivity contribution in [3.63, 3.8) is 0 Å². The van der Waals surface area contributed by atoms with Crippen LogP contribution in [-0.4, -0.2) is 53.1 Å². The first-order valence-electron chi connectivity index (χ1n) is 9.86. The highest BCUT2D eigenvalue weighted by atomic mass is 16.6. The average molecular weight is 400 g/mol. The largest absolute Gasteiger partial charge is 0.447 e. The first-order chi connectivity index (χ1) is 14.1. The molecule has 3 rings (SSSR count). The van der Waals surface area contributed by atoms with Crippen molar-refractivity contribution in [1.29, 1.82) is 0 Å². The predicted molar refractivity (Wildman–Crippen MR) is 109 cm³/mol. The minimum Gasteiger partial charge on any atom is -0.447 e. The molecule has 29 heavy (non-hydrogen) atoms. The number of aliphatic hydroxyl groups is 1. The molecule has 1 saturated heterocycles. The SMILES string of the molecule is CO[C@H](c1ccc(N2CCOC2=O)cc1)[C@H](C)/C=C/CCn1cc(CCO)nn1. The van der Waals surface area contributed by atoms with Crippen LogP contribution in [0.5, 0.6) is 0 Å². The lowest BCUT2D eigenvalue weighted by Gasteiger charge is -2.21. The fraction of sp³-hybridized carbons (Fsp3) is 0.476. The molecule has 1 aliphatic heterocycles. The minimum absolute atomic E-state index is 0.0756. The van der Waals surface area contributed by atoms with Crippen LogP contribution in [0.15, 0.2) is 42.6 Å². The molecular weight excluding hydrogens is 372 g/mol. The molecule has 0 aliphatic carbocycles. The third kappa shape index (κ3) is 5.42. The van der Waals surface area contributed by atoms with Crippen LogP contribution in [-0.2, 0) is 22.4 Å². The lowest BCUT2D eigenvalue weighted by molar-refractivity contribution is 0.0741. The molecule has 0 unspecified atom stereocenters. The van der Waals surface area contributed by atoms with Crippen molar-refractivity contribution in [2.24, 2.45) is 5.92 Å². The van der Waals surface area contributed by atoms with Gasteiger partial charge in [0.2, 0.25) is 0 Å². The third-order valence-electron chi connectivity index (χ3n) is 4.94. The van der Waals surface area contributed by atoms with Crippen molar-refractivity contribution in [2.45, 2.75) is 32.4 Å². The highest BCUT2D eigenvalue weighted by Gasteiger charge is 2.24. The molecule has 156 valence electrons. The third-order valence-corrected chi connectivity index (χ3v) is 4.94. The van der Waals surface area contributed by atoms with Crippen molar-refractivity contribution >= 4 is 11.8 Å².